The van der Waals surface area contributed by atoms with Crippen LogP contribution in [0.4, 0.5) is 16.3 Å². The summed E-state index contributed by atoms with van der Waals surface area (Å²) < 4.78 is 0.964. The molecule has 122 valence electrons. The van der Waals surface area contributed by atoms with Crippen molar-refractivity contribution in [2.45, 2.75) is 5.21 Å². The van der Waals surface area contributed by atoms with Gasteiger partial charge in [0, 0.05) is 0 Å². The molecule has 0 saturated heterocycles. The van der Waals surface area contributed by atoms with Gasteiger partial charge in [-0.3, -0.25) is 0 Å². The second-order valence-electron chi connectivity index (χ2n) is 5.09. The van der Waals surface area contributed by atoms with Gasteiger partial charge in [0.05, 0.1) is 0 Å². The molecule has 7 heteroatoms. The van der Waals surface area contributed by atoms with E-state index < -0.39 is 21.8 Å². The Hall–Kier alpha value is -2.30. The number of amides is 1. The van der Waals surface area contributed by atoms with E-state index >= 15 is 0 Å². The van der Waals surface area contributed by atoms with E-state index in [1.807, 2.05) is 6.07 Å². The molecule has 0 aliphatic carbocycles. The normalized spacial score (nSPS) is 11.0. The van der Waals surface area contributed by atoms with Crippen molar-refractivity contribution in [3.63, 3.8) is 0 Å². The zero-order valence-corrected chi connectivity index (χ0v) is 15.6. The number of carbonyl (C=O) groups is 1. The first-order valence-corrected chi connectivity index (χ1v) is 10.7. The third-order valence-corrected chi connectivity index (χ3v) is 6.89. The van der Waals surface area contributed by atoms with Gasteiger partial charge in [-0.1, -0.05) is 0 Å². The zero-order chi connectivity index (χ0) is 16.9. The number of nitrogen functional groups attached to an aromatic ring is 1. The minimum atomic E-state index is -1.14. The molecule has 0 spiro atoms. The number of nitrogens with two attached hydrogens (primary N) is 1. The molecule has 3 rings (SSSR count). The second kappa shape index (κ2) is 7.51. The molecule has 1 aromatic carbocycles. The Morgan fingerprint density at radius 2 is 2.00 bits per heavy atom. The fourth-order valence-corrected chi connectivity index (χ4v) is 5.09. The Kier molecular flexibility index (Phi) is 5.18. The Morgan fingerprint density at radius 1 is 1.21 bits per heavy atom. The predicted molar refractivity (Wildman–Crippen MR) is 101 cm³/mol. The number of thiophene rings is 1. The van der Waals surface area contributed by atoms with E-state index in [2.05, 4.69) is 52.1 Å². The van der Waals surface area contributed by atoms with Crippen molar-refractivity contribution in [2.24, 2.45) is 0 Å². The zero-order valence-electron chi connectivity index (χ0n) is 12.7. The van der Waals surface area contributed by atoms with Crippen LogP contribution in [-0.2, 0) is 5.21 Å². The van der Waals surface area contributed by atoms with Gasteiger partial charge in [0.1, 0.15) is 0 Å². The molecule has 24 heavy (non-hydrogen) atoms. The van der Waals surface area contributed by atoms with Gasteiger partial charge in [-0.05, 0) is 0 Å². The number of hydrogen-bond donors (Lipinski definition) is 3. The molecule has 3 aromatic rings. The molecular weight excluding hydrogens is 385 g/mol. The SMILES string of the molecule is Nc1nc([AsH]Cc2ccc(-c3cccs3)cc2)ccc1NC(=O)O. The van der Waals surface area contributed by atoms with Gasteiger partial charge < -0.3 is 0 Å². The third-order valence-electron chi connectivity index (χ3n) is 3.40. The summed E-state index contributed by atoms with van der Waals surface area (Å²) in [6.45, 7) is 0. The van der Waals surface area contributed by atoms with Crippen LogP contribution >= 0.6 is 11.3 Å². The number of nitrogens with one attached hydrogen (secondary N) is 1. The summed E-state index contributed by atoms with van der Waals surface area (Å²) >= 11 is 1.27. The third kappa shape index (κ3) is 4.16. The topological polar surface area (TPSA) is 88.2 Å². The fraction of sp³-hybridized carbons (Fsp3) is 0.0588. The van der Waals surface area contributed by atoms with Crippen molar-refractivity contribution in [3.05, 3.63) is 59.5 Å². The average molecular weight is 401 g/mol. The summed E-state index contributed by atoms with van der Waals surface area (Å²) in [5.41, 5.74) is 8.65. The van der Waals surface area contributed by atoms with Crippen LogP contribution in [0.3, 0.4) is 0 Å². The maximum absolute atomic E-state index is 10.6. The molecule has 0 radical (unpaired) electrons. The Balaban J connectivity index is 1.63. The van der Waals surface area contributed by atoms with Crippen molar-refractivity contribution in [1.82, 2.24) is 4.98 Å². The summed E-state index contributed by atoms with van der Waals surface area (Å²) in [5, 5.41) is 14.0. The molecule has 1 unspecified atom stereocenters. The van der Waals surface area contributed by atoms with Gasteiger partial charge in [0.25, 0.3) is 0 Å². The van der Waals surface area contributed by atoms with Gasteiger partial charge in [-0.15, -0.1) is 0 Å². The fourth-order valence-electron chi connectivity index (χ4n) is 2.22. The van der Waals surface area contributed by atoms with Crippen LogP contribution in [0.25, 0.3) is 10.4 Å². The molecule has 0 saturated carbocycles. The number of hydrogen-bond acceptors (Lipinski definition) is 4. The maximum atomic E-state index is 10.6. The van der Waals surface area contributed by atoms with E-state index in [1.54, 1.807) is 17.4 Å². The molecule has 0 aliphatic heterocycles. The molecular formula is C17H16AsN3O2S. The first kappa shape index (κ1) is 16.6. The quantitative estimate of drug-likeness (QED) is 0.574. The van der Waals surface area contributed by atoms with Crippen LogP contribution in [0.2, 0.25) is 0 Å². The van der Waals surface area contributed by atoms with E-state index in [0.717, 1.165) is 9.69 Å². The molecule has 0 aliphatic rings. The number of benzene rings is 1. The Labute approximate surface area is 150 Å². The standard InChI is InChI=1S/C17H16AsN3O2S/c19-16-13(20-17(22)23)7-8-15(21-16)18-10-11-3-5-12(6-4-11)14-2-1-9-24-14/h1-9,18,20H,10H2,(H2,19,21)(H,22,23). The Morgan fingerprint density at radius 3 is 2.62 bits per heavy atom. The van der Waals surface area contributed by atoms with Crippen LogP contribution in [-0.4, -0.2) is 31.9 Å². The van der Waals surface area contributed by atoms with Gasteiger partial charge >= 0.3 is 150 Å². The first-order chi connectivity index (χ1) is 11.6. The van der Waals surface area contributed by atoms with Gasteiger partial charge in [0.2, 0.25) is 0 Å². The number of rotatable bonds is 5. The van der Waals surface area contributed by atoms with E-state index in [9.17, 15) is 4.79 Å². The molecule has 2 heterocycles. The van der Waals surface area contributed by atoms with Gasteiger partial charge in [0.15, 0.2) is 0 Å². The number of carboxylic acid groups (broad SMARTS) is 1. The van der Waals surface area contributed by atoms with Crippen molar-refractivity contribution in [1.29, 1.82) is 0 Å². The van der Waals surface area contributed by atoms with Crippen LogP contribution in [0.15, 0.2) is 53.9 Å². The molecule has 0 fully saturated rings. The van der Waals surface area contributed by atoms with Gasteiger partial charge in [-0.25, -0.2) is 0 Å². The molecule has 4 N–H and O–H groups in total. The van der Waals surface area contributed by atoms with Crippen molar-refractivity contribution in [2.75, 3.05) is 11.1 Å². The molecule has 5 nitrogen and oxygen atoms in total. The predicted octanol–water partition coefficient (Wildman–Crippen LogP) is 2.74. The summed E-state index contributed by atoms with van der Waals surface area (Å²) in [7, 11) is 0. The number of pyridine rings is 1. The summed E-state index contributed by atoms with van der Waals surface area (Å²) in [6, 6.07) is 16.3. The van der Waals surface area contributed by atoms with Gasteiger partial charge in [-0.2, -0.15) is 0 Å². The van der Waals surface area contributed by atoms with Crippen molar-refractivity contribution in [3.8, 4) is 10.4 Å². The van der Waals surface area contributed by atoms with Crippen LogP contribution < -0.4 is 15.5 Å². The summed E-state index contributed by atoms with van der Waals surface area (Å²) in [6.07, 6.45) is -1.14. The van der Waals surface area contributed by atoms with E-state index in [-0.39, 0.29) is 5.82 Å². The minimum absolute atomic E-state index is 0.228. The first-order valence-electron chi connectivity index (χ1n) is 7.25. The number of aromatic nitrogens is 1. The Bertz CT molecular complexity index is 836. The van der Waals surface area contributed by atoms with Crippen LogP contribution in [0, 0.1) is 0 Å². The average Bonchev–Trinajstić information content (AvgIpc) is 3.10. The monoisotopic (exact) mass is 401 g/mol. The van der Waals surface area contributed by atoms with E-state index in [1.165, 1.54) is 16.0 Å². The summed E-state index contributed by atoms with van der Waals surface area (Å²) in [5.74, 6) is 0.228. The van der Waals surface area contributed by atoms with Crippen LogP contribution in [0.5, 0.6) is 0 Å². The van der Waals surface area contributed by atoms with E-state index in [4.69, 9.17) is 10.8 Å². The molecule has 2 aromatic heterocycles. The number of nitrogens with zero attached hydrogens (tertiary/aromatic N) is 1. The van der Waals surface area contributed by atoms with Crippen molar-refractivity contribution < 1.29 is 9.90 Å². The van der Waals surface area contributed by atoms with Crippen molar-refractivity contribution >= 4 is 49.2 Å². The van der Waals surface area contributed by atoms with Crippen LogP contribution in [0.1, 0.15) is 5.56 Å². The summed E-state index contributed by atoms with van der Waals surface area (Å²) in [4.78, 5) is 16.2. The second-order valence-corrected chi connectivity index (χ2v) is 8.59. The number of anilines is 2. The molecule has 1 amide bonds. The molecule has 0 bridgehead atoms. The molecule has 1 atom stereocenters. The van der Waals surface area contributed by atoms with E-state index in [0.29, 0.717) is 5.69 Å².